The van der Waals surface area contributed by atoms with Gasteiger partial charge in [0, 0.05) is 44.7 Å². The highest BCUT2D eigenvalue weighted by Gasteiger charge is 2.29. The molecule has 8 nitrogen and oxygen atoms in total. The number of carbonyl (C=O) groups excluding carboxylic acids is 2. The van der Waals surface area contributed by atoms with Crippen LogP contribution in [0.2, 0.25) is 0 Å². The first-order valence-electron chi connectivity index (χ1n) is 11.2. The van der Waals surface area contributed by atoms with Crippen molar-refractivity contribution in [2.45, 2.75) is 19.3 Å². The minimum atomic E-state index is -3.24. The number of benzene rings is 2. The number of anilines is 1. The lowest BCUT2D eigenvalue weighted by Crippen LogP contribution is -2.50. The molecular formula is C24H29N3O5S. The van der Waals surface area contributed by atoms with E-state index in [-0.39, 0.29) is 17.6 Å². The smallest absolute Gasteiger partial charge is 0.253 e. The van der Waals surface area contributed by atoms with Gasteiger partial charge >= 0.3 is 0 Å². The van der Waals surface area contributed by atoms with Gasteiger partial charge in [-0.05, 0) is 54.8 Å². The van der Waals surface area contributed by atoms with Gasteiger partial charge in [0.2, 0.25) is 15.9 Å². The van der Waals surface area contributed by atoms with Crippen LogP contribution >= 0.6 is 0 Å². The second-order valence-corrected chi connectivity index (χ2v) is 10.3. The first kappa shape index (κ1) is 23.1. The number of sulfonamides is 1. The number of methoxy groups -OCH3 is 1. The first-order valence-corrected chi connectivity index (χ1v) is 12.8. The molecule has 176 valence electrons. The summed E-state index contributed by atoms with van der Waals surface area (Å²) in [5, 5.41) is 0. The minimum Gasteiger partial charge on any atom is -0.497 e. The molecule has 2 aliphatic rings. The summed E-state index contributed by atoms with van der Waals surface area (Å²) in [7, 11) is -1.61. The molecule has 4 rings (SSSR count). The molecule has 2 saturated heterocycles. The molecule has 0 radical (unpaired) electrons. The molecule has 0 atom stereocenters. The van der Waals surface area contributed by atoms with E-state index in [4.69, 9.17) is 4.74 Å². The summed E-state index contributed by atoms with van der Waals surface area (Å²) in [6.07, 6.45) is 1.72. The summed E-state index contributed by atoms with van der Waals surface area (Å²) in [6.45, 7) is 2.46. The number of aryl methyl sites for hydroxylation is 1. The molecule has 33 heavy (non-hydrogen) atoms. The number of nitrogens with zero attached hydrogens (tertiary/aromatic N) is 3. The third-order valence-corrected chi connectivity index (χ3v) is 8.08. The highest BCUT2D eigenvalue weighted by Crippen LogP contribution is 2.24. The van der Waals surface area contributed by atoms with Crippen LogP contribution in [0.15, 0.2) is 48.5 Å². The van der Waals surface area contributed by atoms with Crippen LogP contribution in [-0.4, -0.2) is 75.6 Å². The summed E-state index contributed by atoms with van der Waals surface area (Å²) < 4.78 is 30.7. The fourth-order valence-corrected chi connectivity index (χ4v) is 5.81. The Morgan fingerprint density at radius 3 is 2.09 bits per heavy atom. The predicted molar refractivity (Wildman–Crippen MR) is 126 cm³/mol. The van der Waals surface area contributed by atoms with Crippen molar-refractivity contribution in [3.63, 3.8) is 0 Å². The number of hydrogen-bond acceptors (Lipinski definition) is 5. The molecule has 9 heteroatoms. The van der Waals surface area contributed by atoms with Gasteiger partial charge in [-0.2, -0.15) is 0 Å². The van der Waals surface area contributed by atoms with Crippen LogP contribution in [0, 0.1) is 0 Å². The number of rotatable bonds is 6. The Bertz CT molecular complexity index is 1090. The van der Waals surface area contributed by atoms with Gasteiger partial charge in [0.1, 0.15) is 5.75 Å². The topological polar surface area (TPSA) is 87.2 Å². The summed E-state index contributed by atoms with van der Waals surface area (Å²) in [5.41, 5.74) is 2.20. The molecule has 2 aromatic rings. The number of carbonyl (C=O) groups is 2. The summed E-state index contributed by atoms with van der Waals surface area (Å²) >= 11 is 0. The van der Waals surface area contributed by atoms with Crippen LogP contribution < -0.4 is 9.04 Å². The van der Waals surface area contributed by atoms with Crippen molar-refractivity contribution in [1.29, 1.82) is 0 Å². The fourth-order valence-electron chi connectivity index (χ4n) is 4.24. The Labute approximate surface area is 194 Å². The number of ether oxygens (including phenoxy) is 1. The van der Waals surface area contributed by atoms with Crippen molar-refractivity contribution in [1.82, 2.24) is 9.80 Å². The first-order chi connectivity index (χ1) is 15.9. The van der Waals surface area contributed by atoms with Crippen LogP contribution in [0.3, 0.4) is 0 Å². The molecule has 0 N–H and O–H groups in total. The maximum absolute atomic E-state index is 12.9. The molecule has 0 unspecified atom stereocenters. The summed E-state index contributed by atoms with van der Waals surface area (Å²) in [5.74, 6) is 0.948. The van der Waals surface area contributed by atoms with Gasteiger partial charge in [0.05, 0.1) is 18.6 Å². The van der Waals surface area contributed by atoms with Crippen molar-refractivity contribution in [3.8, 4) is 5.75 Å². The van der Waals surface area contributed by atoms with E-state index in [1.54, 1.807) is 36.3 Å². The monoisotopic (exact) mass is 471 g/mol. The van der Waals surface area contributed by atoms with Crippen LogP contribution in [0.5, 0.6) is 5.75 Å². The fraction of sp³-hybridized carbons (Fsp3) is 0.417. The summed E-state index contributed by atoms with van der Waals surface area (Å²) in [4.78, 5) is 29.0. The van der Waals surface area contributed by atoms with Crippen molar-refractivity contribution in [3.05, 3.63) is 59.7 Å². The Morgan fingerprint density at radius 2 is 1.52 bits per heavy atom. The molecule has 2 heterocycles. The zero-order valence-corrected chi connectivity index (χ0v) is 19.6. The molecule has 2 amide bonds. The highest BCUT2D eigenvalue weighted by atomic mass is 32.2. The van der Waals surface area contributed by atoms with Crippen LogP contribution in [0.4, 0.5) is 5.69 Å². The maximum atomic E-state index is 12.9. The van der Waals surface area contributed by atoms with Gasteiger partial charge in [-0.25, -0.2) is 8.42 Å². The Kier molecular flexibility index (Phi) is 6.88. The predicted octanol–water partition coefficient (Wildman–Crippen LogP) is 2.15. The molecule has 0 aromatic heterocycles. The van der Waals surface area contributed by atoms with Crippen molar-refractivity contribution in [2.24, 2.45) is 0 Å². The van der Waals surface area contributed by atoms with Crippen molar-refractivity contribution in [2.75, 3.05) is 49.9 Å². The van der Waals surface area contributed by atoms with Gasteiger partial charge in [-0.3, -0.25) is 13.9 Å². The van der Waals surface area contributed by atoms with Crippen LogP contribution in [0.1, 0.15) is 28.8 Å². The highest BCUT2D eigenvalue weighted by molar-refractivity contribution is 7.93. The van der Waals surface area contributed by atoms with E-state index >= 15 is 0 Å². The number of hydrogen-bond donors (Lipinski definition) is 0. The largest absolute Gasteiger partial charge is 0.497 e. The molecule has 0 aliphatic carbocycles. The van der Waals surface area contributed by atoms with E-state index in [0.717, 1.165) is 11.3 Å². The Hall–Kier alpha value is -3.07. The van der Waals surface area contributed by atoms with E-state index in [1.807, 2.05) is 29.2 Å². The molecule has 2 aromatic carbocycles. The molecule has 0 spiro atoms. The molecule has 2 fully saturated rings. The Balaban J connectivity index is 1.27. The standard InChI is InChI=1S/C24H29N3O5S/c1-32-22-10-3-19(4-11-22)5-12-23(28)25-14-16-26(17-15-25)24(29)20-6-8-21(9-7-20)27-13-2-18-33(27,30)31/h3-4,6-11H,2,5,12-18H2,1H3. The van der Waals surface area contributed by atoms with Gasteiger partial charge in [-0.15, -0.1) is 0 Å². The Morgan fingerprint density at radius 1 is 0.879 bits per heavy atom. The molecule has 0 saturated carbocycles. The van der Waals surface area contributed by atoms with Crippen LogP contribution in [-0.2, 0) is 21.2 Å². The van der Waals surface area contributed by atoms with Gasteiger partial charge in [-0.1, -0.05) is 12.1 Å². The average Bonchev–Trinajstić information content (AvgIpc) is 3.21. The molecule has 2 aliphatic heterocycles. The van der Waals surface area contributed by atoms with Crippen molar-refractivity contribution < 1.29 is 22.7 Å². The minimum absolute atomic E-state index is 0.0918. The van der Waals surface area contributed by atoms with Gasteiger partial charge in [0.15, 0.2) is 0 Å². The van der Waals surface area contributed by atoms with Gasteiger partial charge in [0.25, 0.3) is 5.91 Å². The van der Waals surface area contributed by atoms with E-state index in [0.29, 0.717) is 63.2 Å². The molecular weight excluding hydrogens is 442 g/mol. The van der Waals surface area contributed by atoms with E-state index in [9.17, 15) is 18.0 Å². The lowest BCUT2D eigenvalue weighted by molar-refractivity contribution is -0.132. The second kappa shape index (κ2) is 9.82. The second-order valence-electron chi connectivity index (χ2n) is 8.31. The zero-order valence-electron chi connectivity index (χ0n) is 18.8. The average molecular weight is 472 g/mol. The lowest BCUT2D eigenvalue weighted by Gasteiger charge is -2.35. The van der Waals surface area contributed by atoms with E-state index < -0.39 is 10.0 Å². The van der Waals surface area contributed by atoms with Gasteiger partial charge < -0.3 is 14.5 Å². The SMILES string of the molecule is COc1ccc(CCC(=O)N2CCN(C(=O)c3ccc(N4CCCS4(=O)=O)cc3)CC2)cc1. The quantitative estimate of drug-likeness (QED) is 0.644. The van der Waals surface area contributed by atoms with E-state index in [2.05, 4.69) is 0 Å². The lowest BCUT2D eigenvalue weighted by atomic mass is 10.1. The number of piperazine rings is 1. The zero-order chi connectivity index (χ0) is 23.4. The van der Waals surface area contributed by atoms with Crippen molar-refractivity contribution >= 4 is 27.5 Å². The maximum Gasteiger partial charge on any atom is 0.253 e. The normalized spacial score (nSPS) is 17.8. The molecule has 0 bridgehead atoms. The third-order valence-electron chi connectivity index (χ3n) is 6.21. The van der Waals surface area contributed by atoms with E-state index in [1.165, 1.54) is 4.31 Å². The number of amides is 2. The third kappa shape index (κ3) is 5.30. The van der Waals surface area contributed by atoms with Crippen LogP contribution in [0.25, 0.3) is 0 Å². The summed E-state index contributed by atoms with van der Waals surface area (Å²) in [6, 6.07) is 14.4.